The second kappa shape index (κ2) is 6.39. The first-order valence-corrected chi connectivity index (χ1v) is 9.69. The molecule has 8 heteroatoms. The minimum Gasteiger partial charge on any atom is -0.341 e. The standard InChI is InChI=1S/C13H21N3O3S2/c1-4-16-7-6-14-13(16)20-10(2)12(17)15(3)11-5-8-21(18,19)9-11/h6-7,10-11H,4-5,8-9H2,1-3H3. The second-order valence-corrected chi connectivity index (χ2v) is 8.80. The van der Waals surface area contributed by atoms with Crippen LogP contribution in [0.3, 0.4) is 0 Å². The van der Waals surface area contributed by atoms with Crippen molar-refractivity contribution in [2.45, 2.75) is 43.3 Å². The normalized spacial score (nSPS) is 22.1. The lowest BCUT2D eigenvalue weighted by atomic mass is 10.2. The molecule has 0 radical (unpaired) electrons. The Kier molecular flexibility index (Phi) is 4.98. The summed E-state index contributed by atoms with van der Waals surface area (Å²) in [5, 5.41) is 0.525. The molecule has 0 aliphatic carbocycles. The Morgan fingerprint density at radius 1 is 1.62 bits per heavy atom. The number of hydrogen-bond acceptors (Lipinski definition) is 5. The quantitative estimate of drug-likeness (QED) is 0.754. The van der Waals surface area contributed by atoms with Crippen LogP contribution in [0.25, 0.3) is 0 Å². The maximum atomic E-state index is 12.4. The zero-order valence-electron chi connectivity index (χ0n) is 12.5. The van der Waals surface area contributed by atoms with Crippen LogP contribution in [0.2, 0.25) is 0 Å². The third kappa shape index (κ3) is 3.79. The molecular formula is C13H21N3O3S2. The lowest BCUT2D eigenvalue weighted by Crippen LogP contribution is -2.41. The largest absolute Gasteiger partial charge is 0.341 e. The maximum absolute atomic E-state index is 12.4. The fourth-order valence-electron chi connectivity index (χ4n) is 2.41. The molecule has 2 unspecified atom stereocenters. The van der Waals surface area contributed by atoms with E-state index in [0.29, 0.717) is 6.42 Å². The summed E-state index contributed by atoms with van der Waals surface area (Å²) in [6.45, 7) is 4.66. The molecule has 1 aliphatic rings. The molecule has 6 nitrogen and oxygen atoms in total. The minimum absolute atomic E-state index is 0.0484. The Hall–Kier alpha value is -1.02. The van der Waals surface area contributed by atoms with E-state index in [1.54, 1.807) is 18.1 Å². The molecule has 1 saturated heterocycles. The van der Waals surface area contributed by atoms with E-state index < -0.39 is 9.84 Å². The molecule has 21 heavy (non-hydrogen) atoms. The van der Waals surface area contributed by atoms with Gasteiger partial charge < -0.3 is 9.47 Å². The van der Waals surface area contributed by atoms with Crippen molar-refractivity contribution in [3.63, 3.8) is 0 Å². The zero-order valence-corrected chi connectivity index (χ0v) is 14.2. The summed E-state index contributed by atoms with van der Waals surface area (Å²) in [5.74, 6) is 0.209. The van der Waals surface area contributed by atoms with Crippen LogP contribution in [0.1, 0.15) is 20.3 Å². The van der Waals surface area contributed by atoms with Gasteiger partial charge in [-0.2, -0.15) is 0 Å². The fraction of sp³-hybridized carbons (Fsp3) is 0.692. The third-order valence-corrected chi connectivity index (χ3v) is 6.61. The number of hydrogen-bond donors (Lipinski definition) is 0. The van der Waals surface area contributed by atoms with E-state index in [2.05, 4.69) is 4.98 Å². The Morgan fingerprint density at radius 2 is 2.33 bits per heavy atom. The highest BCUT2D eigenvalue weighted by atomic mass is 32.2. The smallest absolute Gasteiger partial charge is 0.235 e. The molecule has 1 aromatic heterocycles. The summed E-state index contributed by atoms with van der Waals surface area (Å²) in [6.07, 6.45) is 4.13. The summed E-state index contributed by atoms with van der Waals surface area (Å²) in [5.41, 5.74) is 0. The summed E-state index contributed by atoms with van der Waals surface area (Å²) >= 11 is 1.41. The van der Waals surface area contributed by atoms with E-state index in [1.807, 2.05) is 24.6 Å². The van der Waals surface area contributed by atoms with Crippen LogP contribution in [0.15, 0.2) is 17.6 Å². The number of nitrogens with zero attached hydrogens (tertiary/aromatic N) is 3. The monoisotopic (exact) mass is 331 g/mol. The Bertz CT molecular complexity index is 612. The van der Waals surface area contributed by atoms with Gasteiger partial charge in [0.25, 0.3) is 0 Å². The van der Waals surface area contributed by atoms with Crippen molar-refractivity contribution < 1.29 is 13.2 Å². The van der Waals surface area contributed by atoms with Crippen LogP contribution in [-0.4, -0.2) is 58.6 Å². The molecule has 0 spiro atoms. The van der Waals surface area contributed by atoms with Crippen LogP contribution in [0.4, 0.5) is 0 Å². The van der Waals surface area contributed by atoms with Gasteiger partial charge in [-0.3, -0.25) is 4.79 Å². The number of amides is 1. The van der Waals surface area contributed by atoms with Gasteiger partial charge in [-0.15, -0.1) is 0 Å². The van der Waals surface area contributed by atoms with Gasteiger partial charge in [0.1, 0.15) is 0 Å². The average molecular weight is 331 g/mol. The van der Waals surface area contributed by atoms with Gasteiger partial charge in [0.2, 0.25) is 5.91 Å². The maximum Gasteiger partial charge on any atom is 0.235 e. The first-order valence-electron chi connectivity index (χ1n) is 6.99. The highest BCUT2D eigenvalue weighted by molar-refractivity contribution is 8.00. The molecule has 0 saturated carbocycles. The van der Waals surface area contributed by atoms with Crippen LogP contribution >= 0.6 is 11.8 Å². The van der Waals surface area contributed by atoms with E-state index in [0.717, 1.165) is 11.7 Å². The first kappa shape index (κ1) is 16.4. The molecule has 0 bridgehead atoms. The van der Waals surface area contributed by atoms with Crippen molar-refractivity contribution in [1.82, 2.24) is 14.5 Å². The van der Waals surface area contributed by atoms with Crippen LogP contribution in [0.5, 0.6) is 0 Å². The molecule has 2 heterocycles. The van der Waals surface area contributed by atoms with Gasteiger partial charge in [-0.1, -0.05) is 11.8 Å². The minimum atomic E-state index is -2.98. The van der Waals surface area contributed by atoms with Gasteiger partial charge in [0.15, 0.2) is 15.0 Å². The predicted molar refractivity (Wildman–Crippen MR) is 83.0 cm³/mol. The third-order valence-electron chi connectivity index (χ3n) is 3.75. The van der Waals surface area contributed by atoms with Crippen LogP contribution < -0.4 is 0 Å². The highest BCUT2D eigenvalue weighted by Crippen LogP contribution is 2.25. The van der Waals surface area contributed by atoms with Crippen molar-refractivity contribution in [2.24, 2.45) is 0 Å². The van der Waals surface area contributed by atoms with Gasteiger partial charge >= 0.3 is 0 Å². The SMILES string of the molecule is CCn1ccnc1SC(C)C(=O)N(C)C1CCS(=O)(=O)C1. The van der Waals surface area contributed by atoms with Crippen molar-refractivity contribution in [1.29, 1.82) is 0 Å². The lowest BCUT2D eigenvalue weighted by Gasteiger charge is -2.26. The van der Waals surface area contributed by atoms with E-state index in [4.69, 9.17) is 0 Å². The lowest BCUT2D eigenvalue weighted by molar-refractivity contribution is -0.130. The number of imidazole rings is 1. The molecule has 118 valence electrons. The number of carbonyl (C=O) groups is 1. The topological polar surface area (TPSA) is 72.3 Å². The molecule has 0 N–H and O–H groups in total. The summed E-state index contributed by atoms with van der Waals surface area (Å²) < 4.78 is 25.0. The highest BCUT2D eigenvalue weighted by Gasteiger charge is 2.34. The molecular weight excluding hydrogens is 310 g/mol. The zero-order chi connectivity index (χ0) is 15.6. The number of aromatic nitrogens is 2. The fourth-order valence-corrected chi connectivity index (χ4v) is 5.22. The van der Waals surface area contributed by atoms with Crippen LogP contribution in [0, 0.1) is 0 Å². The Balaban J connectivity index is 1.99. The molecule has 2 rings (SSSR count). The number of rotatable bonds is 5. The average Bonchev–Trinajstić information content (AvgIpc) is 3.02. The summed E-state index contributed by atoms with van der Waals surface area (Å²) in [7, 11) is -1.29. The first-order chi connectivity index (χ1) is 9.84. The predicted octanol–water partition coefficient (Wildman–Crippen LogP) is 1.03. The number of sulfone groups is 1. The van der Waals surface area contributed by atoms with Crippen molar-refractivity contribution in [2.75, 3.05) is 18.6 Å². The molecule has 0 aromatic carbocycles. The van der Waals surface area contributed by atoms with Gasteiger partial charge in [0.05, 0.1) is 16.8 Å². The molecule has 2 atom stereocenters. The molecule has 1 amide bonds. The summed E-state index contributed by atoms with van der Waals surface area (Å²) in [6, 6.07) is -0.198. The van der Waals surface area contributed by atoms with Crippen molar-refractivity contribution >= 4 is 27.5 Å². The second-order valence-electron chi connectivity index (χ2n) is 5.26. The molecule has 1 aromatic rings. The Morgan fingerprint density at radius 3 is 2.90 bits per heavy atom. The number of carbonyl (C=O) groups excluding carboxylic acids is 1. The number of thioether (sulfide) groups is 1. The Labute approximate surface area is 129 Å². The van der Waals surface area contributed by atoms with Crippen molar-refractivity contribution in [3.8, 4) is 0 Å². The van der Waals surface area contributed by atoms with Gasteiger partial charge in [0, 0.05) is 32.0 Å². The van der Waals surface area contributed by atoms with Gasteiger partial charge in [-0.25, -0.2) is 13.4 Å². The number of aryl methyl sites for hydroxylation is 1. The van der Waals surface area contributed by atoms with E-state index in [-0.39, 0.29) is 28.7 Å². The van der Waals surface area contributed by atoms with E-state index in [1.165, 1.54) is 11.8 Å². The summed E-state index contributed by atoms with van der Waals surface area (Å²) in [4.78, 5) is 18.3. The van der Waals surface area contributed by atoms with Crippen LogP contribution in [-0.2, 0) is 21.2 Å². The van der Waals surface area contributed by atoms with Gasteiger partial charge in [-0.05, 0) is 20.3 Å². The molecule has 1 fully saturated rings. The van der Waals surface area contributed by atoms with E-state index >= 15 is 0 Å². The van der Waals surface area contributed by atoms with E-state index in [9.17, 15) is 13.2 Å². The van der Waals surface area contributed by atoms with Crippen molar-refractivity contribution in [3.05, 3.63) is 12.4 Å². The molecule has 1 aliphatic heterocycles.